The fourth-order valence-corrected chi connectivity index (χ4v) is 1.99. The van der Waals surface area contributed by atoms with Crippen LogP contribution >= 0.6 is 0 Å². The Hall–Kier alpha value is -1.51. The predicted octanol–water partition coefficient (Wildman–Crippen LogP) is 2.79. The Labute approximate surface area is 95.4 Å². The number of carbonyl (C=O) groups excluding carboxylic acids is 1. The van der Waals surface area contributed by atoms with Crippen molar-refractivity contribution in [3.8, 4) is 5.75 Å². The first kappa shape index (κ1) is 11.0. The first-order valence-electron chi connectivity index (χ1n) is 5.64. The number of methoxy groups -OCH3 is 1. The molecule has 1 aromatic carbocycles. The average Bonchev–Trinajstić information content (AvgIpc) is 2.82. The SMILES string of the molecule is COC(=O)c1ccc(OC2CCCC2)cc1. The maximum absolute atomic E-state index is 11.2. The Morgan fingerprint density at radius 3 is 2.38 bits per heavy atom. The molecule has 86 valence electrons. The third-order valence-electron chi connectivity index (χ3n) is 2.88. The highest BCUT2D eigenvalue weighted by Gasteiger charge is 2.16. The van der Waals surface area contributed by atoms with E-state index in [1.165, 1.54) is 20.0 Å². The van der Waals surface area contributed by atoms with Gasteiger partial charge in [-0.2, -0.15) is 0 Å². The summed E-state index contributed by atoms with van der Waals surface area (Å²) in [5, 5.41) is 0. The second-order valence-corrected chi connectivity index (χ2v) is 4.04. The average molecular weight is 220 g/mol. The Kier molecular flexibility index (Phi) is 3.44. The van der Waals surface area contributed by atoms with Crippen molar-refractivity contribution in [2.75, 3.05) is 7.11 Å². The topological polar surface area (TPSA) is 35.5 Å². The quantitative estimate of drug-likeness (QED) is 0.735. The van der Waals surface area contributed by atoms with Crippen molar-refractivity contribution in [1.82, 2.24) is 0 Å². The number of benzene rings is 1. The first-order chi connectivity index (χ1) is 7.79. The lowest BCUT2D eigenvalue weighted by Crippen LogP contribution is -2.11. The van der Waals surface area contributed by atoms with Crippen LogP contribution in [0.2, 0.25) is 0 Å². The molecule has 0 atom stereocenters. The second-order valence-electron chi connectivity index (χ2n) is 4.04. The van der Waals surface area contributed by atoms with E-state index >= 15 is 0 Å². The highest BCUT2D eigenvalue weighted by atomic mass is 16.5. The molecule has 0 unspecified atom stereocenters. The minimum absolute atomic E-state index is 0.313. The highest BCUT2D eigenvalue weighted by molar-refractivity contribution is 5.89. The fraction of sp³-hybridized carbons (Fsp3) is 0.462. The molecular formula is C13H16O3. The van der Waals surface area contributed by atoms with Gasteiger partial charge in [-0.05, 0) is 49.9 Å². The molecule has 0 aliphatic heterocycles. The van der Waals surface area contributed by atoms with Crippen LogP contribution in [0.1, 0.15) is 36.0 Å². The van der Waals surface area contributed by atoms with Crippen LogP contribution in [0.25, 0.3) is 0 Å². The minimum Gasteiger partial charge on any atom is -0.490 e. The number of hydrogen-bond donors (Lipinski definition) is 0. The molecular weight excluding hydrogens is 204 g/mol. The molecule has 0 radical (unpaired) electrons. The first-order valence-corrected chi connectivity index (χ1v) is 5.64. The van der Waals surface area contributed by atoms with Gasteiger partial charge >= 0.3 is 5.97 Å². The minimum atomic E-state index is -0.313. The Balaban J connectivity index is 1.98. The van der Waals surface area contributed by atoms with E-state index in [4.69, 9.17) is 4.74 Å². The molecule has 0 aromatic heterocycles. The van der Waals surface area contributed by atoms with Crippen molar-refractivity contribution < 1.29 is 14.3 Å². The summed E-state index contributed by atoms with van der Waals surface area (Å²) in [7, 11) is 1.38. The van der Waals surface area contributed by atoms with Gasteiger partial charge in [-0.1, -0.05) is 0 Å². The van der Waals surface area contributed by atoms with Crippen LogP contribution in [-0.2, 0) is 4.74 Å². The molecule has 1 aromatic rings. The van der Waals surface area contributed by atoms with Crippen molar-refractivity contribution in [3.63, 3.8) is 0 Å². The zero-order valence-corrected chi connectivity index (χ0v) is 9.44. The summed E-state index contributed by atoms with van der Waals surface area (Å²) >= 11 is 0. The number of carbonyl (C=O) groups is 1. The summed E-state index contributed by atoms with van der Waals surface area (Å²) in [5.74, 6) is 0.520. The summed E-state index contributed by atoms with van der Waals surface area (Å²) in [6.45, 7) is 0. The maximum atomic E-state index is 11.2. The number of rotatable bonds is 3. The van der Waals surface area contributed by atoms with Gasteiger partial charge in [-0.25, -0.2) is 4.79 Å². The molecule has 1 aliphatic rings. The van der Waals surface area contributed by atoms with Gasteiger partial charge < -0.3 is 9.47 Å². The van der Waals surface area contributed by atoms with Crippen LogP contribution in [0, 0.1) is 0 Å². The maximum Gasteiger partial charge on any atom is 0.337 e. The monoisotopic (exact) mass is 220 g/mol. The van der Waals surface area contributed by atoms with Gasteiger partial charge in [0, 0.05) is 0 Å². The van der Waals surface area contributed by atoms with Crippen molar-refractivity contribution >= 4 is 5.97 Å². The molecule has 0 N–H and O–H groups in total. The van der Waals surface area contributed by atoms with Crippen LogP contribution in [0.4, 0.5) is 0 Å². The summed E-state index contributed by atoms with van der Waals surface area (Å²) in [4.78, 5) is 11.2. The lowest BCUT2D eigenvalue weighted by Gasteiger charge is -2.12. The van der Waals surface area contributed by atoms with E-state index in [9.17, 15) is 4.79 Å². The van der Waals surface area contributed by atoms with Crippen molar-refractivity contribution in [3.05, 3.63) is 29.8 Å². The van der Waals surface area contributed by atoms with Crippen molar-refractivity contribution in [2.24, 2.45) is 0 Å². The molecule has 3 heteroatoms. The lowest BCUT2D eigenvalue weighted by molar-refractivity contribution is 0.0600. The third-order valence-corrected chi connectivity index (χ3v) is 2.88. The smallest absolute Gasteiger partial charge is 0.337 e. The zero-order valence-electron chi connectivity index (χ0n) is 9.44. The fourth-order valence-electron chi connectivity index (χ4n) is 1.99. The van der Waals surface area contributed by atoms with Crippen LogP contribution in [-0.4, -0.2) is 19.2 Å². The van der Waals surface area contributed by atoms with E-state index < -0.39 is 0 Å². The lowest BCUT2D eigenvalue weighted by atomic mass is 10.2. The number of esters is 1. The van der Waals surface area contributed by atoms with Crippen molar-refractivity contribution in [2.45, 2.75) is 31.8 Å². The van der Waals surface area contributed by atoms with E-state index in [0.29, 0.717) is 11.7 Å². The van der Waals surface area contributed by atoms with Crippen LogP contribution in [0.15, 0.2) is 24.3 Å². The summed E-state index contributed by atoms with van der Waals surface area (Å²) in [6, 6.07) is 7.11. The second kappa shape index (κ2) is 5.01. The molecule has 16 heavy (non-hydrogen) atoms. The summed E-state index contributed by atoms with van der Waals surface area (Å²) in [6.07, 6.45) is 5.14. The molecule has 2 rings (SSSR count). The molecule has 1 saturated carbocycles. The molecule has 0 heterocycles. The van der Waals surface area contributed by atoms with Gasteiger partial charge in [-0.3, -0.25) is 0 Å². The number of hydrogen-bond acceptors (Lipinski definition) is 3. The Bertz CT molecular complexity index is 350. The van der Waals surface area contributed by atoms with E-state index in [1.807, 2.05) is 12.1 Å². The van der Waals surface area contributed by atoms with E-state index in [2.05, 4.69) is 4.74 Å². The van der Waals surface area contributed by atoms with Crippen molar-refractivity contribution in [1.29, 1.82) is 0 Å². The molecule has 1 aliphatic carbocycles. The van der Waals surface area contributed by atoms with Gasteiger partial charge in [0.2, 0.25) is 0 Å². The van der Waals surface area contributed by atoms with Crippen LogP contribution in [0.3, 0.4) is 0 Å². The van der Waals surface area contributed by atoms with Gasteiger partial charge in [0.05, 0.1) is 18.8 Å². The van der Waals surface area contributed by atoms with Gasteiger partial charge in [-0.15, -0.1) is 0 Å². The zero-order chi connectivity index (χ0) is 11.4. The van der Waals surface area contributed by atoms with Gasteiger partial charge in [0.1, 0.15) is 5.75 Å². The van der Waals surface area contributed by atoms with E-state index in [-0.39, 0.29) is 5.97 Å². The van der Waals surface area contributed by atoms with Gasteiger partial charge in [0.25, 0.3) is 0 Å². The Morgan fingerprint density at radius 2 is 1.81 bits per heavy atom. The summed E-state index contributed by atoms with van der Waals surface area (Å²) in [5.41, 5.74) is 0.557. The molecule has 3 nitrogen and oxygen atoms in total. The standard InChI is InChI=1S/C13H16O3/c1-15-13(14)10-6-8-12(9-7-10)16-11-4-2-3-5-11/h6-9,11H,2-5H2,1H3. The predicted molar refractivity (Wildman–Crippen MR) is 60.7 cm³/mol. The molecule has 0 spiro atoms. The molecule has 0 amide bonds. The Morgan fingerprint density at radius 1 is 1.19 bits per heavy atom. The summed E-state index contributed by atoms with van der Waals surface area (Å²) < 4.78 is 10.4. The molecule has 0 saturated heterocycles. The van der Waals surface area contributed by atoms with E-state index in [0.717, 1.165) is 18.6 Å². The largest absolute Gasteiger partial charge is 0.490 e. The van der Waals surface area contributed by atoms with Crippen LogP contribution < -0.4 is 4.74 Å². The molecule has 0 bridgehead atoms. The normalized spacial score (nSPS) is 16.1. The highest BCUT2D eigenvalue weighted by Crippen LogP contribution is 2.24. The van der Waals surface area contributed by atoms with Gasteiger partial charge in [0.15, 0.2) is 0 Å². The molecule has 1 fully saturated rings. The van der Waals surface area contributed by atoms with E-state index in [1.54, 1.807) is 12.1 Å². The number of ether oxygens (including phenoxy) is 2. The van der Waals surface area contributed by atoms with Crippen LogP contribution in [0.5, 0.6) is 5.75 Å². The third kappa shape index (κ3) is 2.54.